The molecule has 17 heavy (non-hydrogen) atoms. The van der Waals surface area contributed by atoms with Crippen LogP contribution in [-0.4, -0.2) is 30.6 Å². The van der Waals surface area contributed by atoms with Crippen molar-refractivity contribution in [3.8, 4) is 0 Å². The van der Waals surface area contributed by atoms with Crippen LogP contribution in [0, 0.1) is 0 Å². The van der Waals surface area contributed by atoms with E-state index in [4.69, 9.17) is 0 Å². The highest BCUT2D eigenvalue weighted by Gasteiger charge is 2.35. The fourth-order valence-electron chi connectivity index (χ4n) is 1.33. The lowest BCUT2D eigenvalue weighted by atomic mass is 10.4. The van der Waals surface area contributed by atoms with E-state index in [2.05, 4.69) is 15.3 Å². The van der Waals surface area contributed by atoms with Crippen LogP contribution in [0.2, 0.25) is 0 Å². The molecule has 0 amide bonds. The lowest BCUT2D eigenvalue weighted by molar-refractivity contribution is -0.144. The number of hydrogen-bond donors (Lipinski definition) is 1. The van der Waals surface area contributed by atoms with E-state index in [0.29, 0.717) is 6.54 Å². The van der Waals surface area contributed by atoms with Gasteiger partial charge >= 0.3 is 6.18 Å². The number of halogens is 3. The monoisotopic (exact) mass is 248 g/mol. The van der Waals surface area contributed by atoms with Crippen molar-refractivity contribution in [3.63, 3.8) is 0 Å². The maximum absolute atomic E-state index is 12.6. The second kappa shape index (κ2) is 5.20. The number of anilines is 2. The van der Waals surface area contributed by atoms with Gasteiger partial charge in [0.1, 0.15) is 11.6 Å². The third-order valence-corrected chi connectivity index (χ3v) is 2.17. The first-order valence-corrected chi connectivity index (χ1v) is 5.23. The third-order valence-electron chi connectivity index (χ3n) is 2.17. The second-order valence-electron chi connectivity index (χ2n) is 3.60. The Bertz CT molecular complexity index is 378. The highest BCUT2D eigenvalue weighted by molar-refractivity contribution is 5.48. The first-order valence-electron chi connectivity index (χ1n) is 5.23. The van der Waals surface area contributed by atoms with Crippen molar-refractivity contribution in [2.24, 2.45) is 0 Å². The van der Waals surface area contributed by atoms with Crippen LogP contribution in [0.15, 0.2) is 6.07 Å². The zero-order valence-corrected chi connectivity index (χ0v) is 9.97. The molecule has 0 fully saturated rings. The topological polar surface area (TPSA) is 41.0 Å². The zero-order valence-electron chi connectivity index (χ0n) is 9.97. The normalized spacial score (nSPS) is 11.4. The molecule has 0 saturated heterocycles. The van der Waals surface area contributed by atoms with Gasteiger partial charge < -0.3 is 10.2 Å². The molecule has 0 aliphatic rings. The fourth-order valence-corrected chi connectivity index (χ4v) is 1.33. The van der Waals surface area contributed by atoms with Gasteiger partial charge in [-0.2, -0.15) is 13.2 Å². The van der Waals surface area contributed by atoms with Crippen molar-refractivity contribution in [1.29, 1.82) is 0 Å². The summed E-state index contributed by atoms with van der Waals surface area (Å²) in [5, 5.41) is 2.60. The number of nitrogens with zero attached hydrogens (tertiary/aromatic N) is 3. The summed E-state index contributed by atoms with van der Waals surface area (Å²) >= 11 is 0. The molecule has 96 valence electrons. The largest absolute Gasteiger partial charge is 0.451 e. The molecule has 0 aromatic carbocycles. The van der Waals surface area contributed by atoms with Crippen LogP contribution >= 0.6 is 0 Å². The molecule has 0 aliphatic heterocycles. The van der Waals surface area contributed by atoms with Crippen LogP contribution in [0.25, 0.3) is 0 Å². The van der Waals surface area contributed by atoms with Gasteiger partial charge in [-0.15, -0.1) is 0 Å². The summed E-state index contributed by atoms with van der Waals surface area (Å²) in [7, 11) is 3.22. The quantitative estimate of drug-likeness (QED) is 0.888. The summed E-state index contributed by atoms with van der Waals surface area (Å²) < 4.78 is 37.7. The standard InChI is InChI=1S/C10H15F3N4/c1-4-5-17(3)8-6-7(14-2)15-9(16-8)10(11,12)13/h6H,4-5H2,1-3H3,(H,14,15,16). The maximum atomic E-state index is 12.6. The van der Waals surface area contributed by atoms with Crippen LogP contribution in [-0.2, 0) is 6.18 Å². The van der Waals surface area contributed by atoms with Gasteiger partial charge in [-0.1, -0.05) is 6.92 Å². The molecule has 0 saturated carbocycles. The molecule has 1 aromatic rings. The Morgan fingerprint density at radius 3 is 2.47 bits per heavy atom. The number of hydrogen-bond acceptors (Lipinski definition) is 4. The van der Waals surface area contributed by atoms with Crippen LogP contribution < -0.4 is 10.2 Å². The molecule has 0 bridgehead atoms. The van der Waals surface area contributed by atoms with E-state index >= 15 is 0 Å². The molecule has 1 heterocycles. The molecule has 0 unspecified atom stereocenters. The lowest BCUT2D eigenvalue weighted by Crippen LogP contribution is -2.22. The Labute approximate surface area is 97.9 Å². The van der Waals surface area contributed by atoms with E-state index in [1.165, 1.54) is 13.1 Å². The molecular formula is C10H15F3N4. The van der Waals surface area contributed by atoms with Crippen LogP contribution in [0.3, 0.4) is 0 Å². The van der Waals surface area contributed by atoms with Crippen molar-refractivity contribution in [2.45, 2.75) is 19.5 Å². The van der Waals surface area contributed by atoms with Crippen molar-refractivity contribution in [1.82, 2.24) is 9.97 Å². The van der Waals surface area contributed by atoms with Gasteiger partial charge in [-0.05, 0) is 6.42 Å². The van der Waals surface area contributed by atoms with Gasteiger partial charge in [0, 0.05) is 26.7 Å². The lowest BCUT2D eigenvalue weighted by Gasteiger charge is -2.19. The fraction of sp³-hybridized carbons (Fsp3) is 0.600. The van der Waals surface area contributed by atoms with E-state index in [-0.39, 0.29) is 11.6 Å². The molecule has 1 aromatic heterocycles. The van der Waals surface area contributed by atoms with E-state index in [9.17, 15) is 13.2 Å². The van der Waals surface area contributed by atoms with Gasteiger partial charge in [0.2, 0.25) is 5.82 Å². The minimum Gasteiger partial charge on any atom is -0.373 e. The van der Waals surface area contributed by atoms with E-state index in [0.717, 1.165) is 6.42 Å². The number of nitrogens with one attached hydrogen (secondary N) is 1. The van der Waals surface area contributed by atoms with Gasteiger partial charge in [-0.3, -0.25) is 0 Å². The molecule has 4 nitrogen and oxygen atoms in total. The van der Waals surface area contributed by atoms with Gasteiger partial charge in [0.25, 0.3) is 0 Å². The third kappa shape index (κ3) is 3.47. The zero-order chi connectivity index (χ0) is 13.1. The van der Waals surface area contributed by atoms with Crippen LogP contribution in [0.4, 0.5) is 24.8 Å². The van der Waals surface area contributed by atoms with E-state index < -0.39 is 12.0 Å². The maximum Gasteiger partial charge on any atom is 0.451 e. The summed E-state index contributed by atoms with van der Waals surface area (Å²) in [6, 6.07) is 1.49. The van der Waals surface area contributed by atoms with Crippen LogP contribution in [0.1, 0.15) is 19.2 Å². The van der Waals surface area contributed by atoms with Crippen molar-refractivity contribution in [2.75, 3.05) is 30.9 Å². The second-order valence-corrected chi connectivity index (χ2v) is 3.60. The average Bonchev–Trinajstić information content (AvgIpc) is 2.27. The van der Waals surface area contributed by atoms with Gasteiger partial charge in [-0.25, -0.2) is 9.97 Å². The van der Waals surface area contributed by atoms with Gasteiger partial charge in [0.05, 0.1) is 0 Å². The molecule has 0 radical (unpaired) electrons. The van der Waals surface area contributed by atoms with E-state index in [1.807, 2.05) is 6.92 Å². The molecule has 0 spiro atoms. The molecule has 0 aliphatic carbocycles. The Kier molecular flexibility index (Phi) is 4.14. The summed E-state index contributed by atoms with van der Waals surface area (Å²) in [6.07, 6.45) is -3.70. The Balaban J connectivity index is 3.14. The average molecular weight is 248 g/mol. The summed E-state index contributed by atoms with van der Waals surface area (Å²) in [5.41, 5.74) is 0. The van der Waals surface area contributed by atoms with Crippen molar-refractivity contribution < 1.29 is 13.2 Å². The minimum absolute atomic E-state index is 0.158. The van der Waals surface area contributed by atoms with Crippen LogP contribution in [0.5, 0.6) is 0 Å². The SMILES string of the molecule is CCCN(C)c1cc(NC)nc(C(F)(F)F)n1. The number of alkyl halides is 3. The smallest absolute Gasteiger partial charge is 0.373 e. The minimum atomic E-state index is -4.53. The first kappa shape index (κ1) is 13.5. The molecule has 0 atom stereocenters. The predicted octanol–water partition coefficient (Wildman–Crippen LogP) is 2.38. The molecule has 1 rings (SSSR count). The molecular weight excluding hydrogens is 233 g/mol. The molecule has 1 N–H and O–H groups in total. The number of aromatic nitrogens is 2. The van der Waals surface area contributed by atoms with Crippen molar-refractivity contribution >= 4 is 11.6 Å². The number of rotatable bonds is 4. The molecule has 7 heteroatoms. The Morgan fingerprint density at radius 1 is 1.35 bits per heavy atom. The summed E-state index contributed by atoms with van der Waals surface area (Å²) in [4.78, 5) is 8.58. The van der Waals surface area contributed by atoms with Crippen molar-refractivity contribution in [3.05, 3.63) is 11.9 Å². The summed E-state index contributed by atoms with van der Waals surface area (Å²) in [5.74, 6) is -0.703. The Morgan fingerprint density at radius 2 is 2.00 bits per heavy atom. The Hall–Kier alpha value is -1.53. The van der Waals surface area contributed by atoms with E-state index in [1.54, 1.807) is 11.9 Å². The predicted molar refractivity (Wildman–Crippen MR) is 60.1 cm³/mol. The highest BCUT2D eigenvalue weighted by Crippen LogP contribution is 2.28. The highest BCUT2D eigenvalue weighted by atomic mass is 19.4. The first-order chi connectivity index (χ1) is 7.88. The van der Waals surface area contributed by atoms with Gasteiger partial charge in [0.15, 0.2) is 0 Å². The summed E-state index contributed by atoms with van der Waals surface area (Å²) in [6.45, 7) is 2.58.